The van der Waals surface area contributed by atoms with E-state index in [0.717, 1.165) is 16.8 Å². The molecule has 0 fully saturated rings. The molecule has 3 aromatic carbocycles. The third-order valence-corrected chi connectivity index (χ3v) is 5.52. The fraction of sp³-hybridized carbons (Fsp3) is 0.296. The highest BCUT2D eigenvalue weighted by atomic mass is 19.1. The lowest BCUT2D eigenvalue weighted by atomic mass is 10.0. The van der Waals surface area contributed by atoms with Crippen LogP contribution in [0.15, 0.2) is 66.7 Å². The summed E-state index contributed by atoms with van der Waals surface area (Å²) in [6.07, 6.45) is 0.626. The van der Waals surface area contributed by atoms with Crippen LogP contribution in [0.25, 0.3) is 0 Å². The Morgan fingerprint density at radius 3 is 2.15 bits per heavy atom. The van der Waals surface area contributed by atoms with Gasteiger partial charge in [-0.1, -0.05) is 44.2 Å². The van der Waals surface area contributed by atoms with Gasteiger partial charge in [-0.15, -0.1) is 0 Å². The second kappa shape index (κ2) is 11.4. The number of hydrogen-bond donors (Lipinski definition) is 1. The van der Waals surface area contributed by atoms with Crippen LogP contribution >= 0.6 is 0 Å². The first-order valence-electron chi connectivity index (χ1n) is 11.0. The topological polar surface area (TPSA) is 50.8 Å². The van der Waals surface area contributed by atoms with E-state index in [-0.39, 0.29) is 11.8 Å². The van der Waals surface area contributed by atoms with Crippen molar-refractivity contribution in [2.75, 3.05) is 26.1 Å². The van der Waals surface area contributed by atoms with E-state index >= 15 is 0 Å². The van der Waals surface area contributed by atoms with Crippen LogP contribution < -0.4 is 14.8 Å². The van der Waals surface area contributed by atoms with E-state index in [1.54, 1.807) is 31.3 Å². The largest absolute Gasteiger partial charge is 0.493 e. The minimum atomic E-state index is -0.301. The van der Waals surface area contributed by atoms with Crippen molar-refractivity contribution in [3.63, 3.8) is 0 Å². The minimum absolute atomic E-state index is 0.211. The van der Waals surface area contributed by atoms with E-state index in [1.807, 2.05) is 42.5 Å². The van der Waals surface area contributed by atoms with Crippen LogP contribution in [0.4, 0.5) is 14.9 Å². The molecule has 0 saturated heterocycles. The number of nitrogens with zero attached hydrogens (tertiary/aromatic N) is 1. The molecule has 1 N–H and O–H groups in total. The average Bonchev–Trinajstić information content (AvgIpc) is 2.83. The number of carbonyl (C=O) groups excluding carboxylic acids is 1. The molecule has 0 bridgehead atoms. The van der Waals surface area contributed by atoms with Crippen molar-refractivity contribution in [1.82, 2.24) is 4.90 Å². The van der Waals surface area contributed by atoms with Gasteiger partial charge in [0.25, 0.3) is 0 Å². The van der Waals surface area contributed by atoms with Gasteiger partial charge in [-0.3, -0.25) is 0 Å². The molecule has 0 radical (unpaired) electrons. The molecular weight excluding hydrogens is 419 g/mol. The lowest BCUT2D eigenvalue weighted by Gasteiger charge is -2.24. The highest BCUT2D eigenvalue weighted by Gasteiger charge is 2.16. The molecule has 0 saturated carbocycles. The Hall–Kier alpha value is -3.54. The van der Waals surface area contributed by atoms with Gasteiger partial charge in [0, 0.05) is 18.8 Å². The standard InChI is InChI=1S/C27H31FN2O3/c1-19(2)22-8-12-24(13-9-22)29-27(31)30(18-21-5-10-23(28)11-6-21)16-15-20-7-14-25(32-3)26(17-20)33-4/h5-14,17,19H,15-16,18H2,1-4H3,(H,29,31). The van der Waals surface area contributed by atoms with Gasteiger partial charge in [-0.25, -0.2) is 9.18 Å². The van der Waals surface area contributed by atoms with Crippen molar-refractivity contribution in [3.8, 4) is 11.5 Å². The van der Waals surface area contributed by atoms with Crippen molar-refractivity contribution in [2.45, 2.75) is 32.7 Å². The van der Waals surface area contributed by atoms with E-state index in [2.05, 4.69) is 19.2 Å². The van der Waals surface area contributed by atoms with Gasteiger partial charge in [0.1, 0.15) is 5.82 Å². The predicted octanol–water partition coefficient (Wildman–Crippen LogP) is 6.24. The maximum atomic E-state index is 13.3. The second-order valence-corrected chi connectivity index (χ2v) is 8.19. The normalized spacial score (nSPS) is 10.7. The fourth-order valence-corrected chi connectivity index (χ4v) is 3.52. The zero-order valence-corrected chi connectivity index (χ0v) is 19.6. The summed E-state index contributed by atoms with van der Waals surface area (Å²) in [5.74, 6) is 1.43. The molecule has 0 aromatic heterocycles. The summed E-state index contributed by atoms with van der Waals surface area (Å²) in [7, 11) is 3.19. The SMILES string of the molecule is COc1ccc(CCN(Cc2ccc(F)cc2)C(=O)Nc2ccc(C(C)C)cc2)cc1OC. The van der Waals surface area contributed by atoms with Crippen LogP contribution in [0.3, 0.4) is 0 Å². The minimum Gasteiger partial charge on any atom is -0.493 e. The summed E-state index contributed by atoms with van der Waals surface area (Å²) >= 11 is 0. The molecule has 6 heteroatoms. The first kappa shape index (κ1) is 24.1. The van der Waals surface area contributed by atoms with E-state index in [1.165, 1.54) is 17.7 Å². The molecule has 0 atom stereocenters. The molecule has 2 amide bonds. The quantitative estimate of drug-likeness (QED) is 0.420. The van der Waals surface area contributed by atoms with Crippen LogP contribution in [0.1, 0.15) is 36.5 Å². The van der Waals surface area contributed by atoms with E-state index in [0.29, 0.717) is 36.9 Å². The summed E-state index contributed by atoms with van der Waals surface area (Å²) < 4.78 is 24.0. The van der Waals surface area contributed by atoms with Gasteiger partial charge in [0.05, 0.1) is 14.2 Å². The van der Waals surface area contributed by atoms with Gasteiger partial charge < -0.3 is 19.7 Å². The van der Waals surface area contributed by atoms with Crippen molar-refractivity contribution >= 4 is 11.7 Å². The second-order valence-electron chi connectivity index (χ2n) is 8.19. The van der Waals surface area contributed by atoms with Gasteiger partial charge in [-0.05, 0) is 65.4 Å². The molecule has 3 rings (SSSR count). The number of benzene rings is 3. The number of anilines is 1. The van der Waals surface area contributed by atoms with Gasteiger partial charge >= 0.3 is 6.03 Å². The van der Waals surface area contributed by atoms with E-state index < -0.39 is 0 Å². The Kier molecular flexibility index (Phi) is 8.30. The Bertz CT molecular complexity index is 1050. The molecule has 33 heavy (non-hydrogen) atoms. The smallest absolute Gasteiger partial charge is 0.322 e. The highest BCUT2D eigenvalue weighted by molar-refractivity contribution is 5.89. The number of ether oxygens (including phenoxy) is 2. The number of amides is 2. The van der Waals surface area contributed by atoms with Gasteiger partial charge in [0.15, 0.2) is 11.5 Å². The van der Waals surface area contributed by atoms with Crippen molar-refractivity contribution < 1.29 is 18.7 Å². The summed E-state index contributed by atoms with van der Waals surface area (Å²) in [5.41, 5.74) is 3.82. The van der Waals surface area contributed by atoms with Gasteiger partial charge in [-0.2, -0.15) is 0 Å². The molecule has 0 aliphatic carbocycles. The predicted molar refractivity (Wildman–Crippen MR) is 130 cm³/mol. The third kappa shape index (κ3) is 6.72. The summed E-state index contributed by atoms with van der Waals surface area (Å²) in [4.78, 5) is 14.9. The number of methoxy groups -OCH3 is 2. The molecule has 0 aliphatic rings. The molecule has 5 nitrogen and oxygen atoms in total. The lowest BCUT2D eigenvalue weighted by molar-refractivity contribution is 0.209. The highest BCUT2D eigenvalue weighted by Crippen LogP contribution is 2.28. The zero-order chi connectivity index (χ0) is 23.8. The van der Waals surface area contributed by atoms with Crippen LogP contribution in [-0.2, 0) is 13.0 Å². The Balaban J connectivity index is 1.75. The monoisotopic (exact) mass is 450 g/mol. The van der Waals surface area contributed by atoms with Crippen LogP contribution in [0, 0.1) is 5.82 Å². The number of hydrogen-bond acceptors (Lipinski definition) is 3. The molecular formula is C27H31FN2O3. The number of halogens is 1. The summed E-state index contributed by atoms with van der Waals surface area (Å²) in [5, 5.41) is 2.99. The van der Waals surface area contributed by atoms with Crippen LogP contribution in [0.2, 0.25) is 0 Å². The zero-order valence-electron chi connectivity index (χ0n) is 19.6. The van der Waals surface area contributed by atoms with Crippen molar-refractivity contribution in [1.29, 1.82) is 0 Å². The first-order valence-corrected chi connectivity index (χ1v) is 11.0. The molecule has 174 valence electrons. The molecule has 0 aliphatic heterocycles. The number of nitrogens with one attached hydrogen (secondary N) is 1. The number of rotatable bonds is 9. The Labute approximate surface area is 195 Å². The molecule has 3 aromatic rings. The number of carbonyl (C=O) groups is 1. The van der Waals surface area contributed by atoms with E-state index in [9.17, 15) is 9.18 Å². The average molecular weight is 451 g/mol. The molecule has 0 unspecified atom stereocenters. The van der Waals surface area contributed by atoms with Crippen molar-refractivity contribution in [3.05, 3.63) is 89.2 Å². The van der Waals surface area contributed by atoms with Gasteiger partial charge in [0.2, 0.25) is 0 Å². The molecule has 0 spiro atoms. The van der Waals surface area contributed by atoms with Crippen LogP contribution in [0.5, 0.6) is 11.5 Å². The summed E-state index contributed by atoms with van der Waals surface area (Å²) in [6, 6.07) is 19.6. The lowest BCUT2D eigenvalue weighted by Crippen LogP contribution is -2.36. The molecule has 0 heterocycles. The maximum absolute atomic E-state index is 13.3. The first-order chi connectivity index (χ1) is 15.9. The van der Waals surface area contributed by atoms with Crippen LogP contribution in [-0.4, -0.2) is 31.7 Å². The maximum Gasteiger partial charge on any atom is 0.322 e. The Morgan fingerprint density at radius 2 is 1.55 bits per heavy atom. The summed E-state index contributed by atoms with van der Waals surface area (Å²) in [6.45, 7) is 5.10. The fourth-order valence-electron chi connectivity index (χ4n) is 3.52. The third-order valence-electron chi connectivity index (χ3n) is 5.52. The van der Waals surface area contributed by atoms with E-state index in [4.69, 9.17) is 9.47 Å². The van der Waals surface area contributed by atoms with Crippen molar-refractivity contribution in [2.24, 2.45) is 0 Å². The Morgan fingerprint density at radius 1 is 0.909 bits per heavy atom. The number of urea groups is 1.